The van der Waals surface area contributed by atoms with Gasteiger partial charge in [0, 0.05) is 39.6 Å². The summed E-state index contributed by atoms with van der Waals surface area (Å²) in [4.78, 5) is 20.1. The zero-order valence-corrected chi connectivity index (χ0v) is 18.8. The molecule has 1 saturated heterocycles. The fraction of sp³-hybridized carbons (Fsp3) is 0.167. The Balaban J connectivity index is 1.54. The number of morpholine rings is 1. The molecule has 5 nitrogen and oxygen atoms in total. The van der Waals surface area contributed by atoms with E-state index < -0.39 is 0 Å². The third kappa shape index (κ3) is 4.43. The first-order chi connectivity index (χ1) is 15.2. The van der Waals surface area contributed by atoms with Gasteiger partial charge in [0.15, 0.2) is 0 Å². The number of fused-ring (bicyclic) bond motifs is 2. The van der Waals surface area contributed by atoms with Crippen LogP contribution in [0.3, 0.4) is 0 Å². The van der Waals surface area contributed by atoms with Crippen molar-refractivity contribution in [2.24, 2.45) is 4.99 Å². The zero-order chi connectivity index (χ0) is 21.2. The average molecular weight is 448 g/mol. The summed E-state index contributed by atoms with van der Waals surface area (Å²) >= 11 is 1.68. The summed E-state index contributed by atoms with van der Waals surface area (Å²) in [5.41, 5.74) is 7.45. The van der Waals surface area contributed by atoms with Crippen molar-refractivity contribution < 1.29 is 9.53 Å². The van der Waals surface area contributed by atoms with Crippen LogP contribution in [0, 0.1) is 0 Å². The summed E-state index contributed by atoms with van der Waals surface area (Å²) in [5, 5.41) is 3.03. The molecule has 1 atom stereocenters. The van der Waals surface area contributed by atoms with E-state index in [2.05, 4.69) is 51.1 Å². The standard InChI is InChI=1S/C24H22N3O2PS/c28-24(26-27-11-13-29-14-12-27)17-7-10-22-20(15-17)25-23(16-5-8-18(30)9-6-16)19-3-1-2-4-21(19)31-22/h1-10,15H,11-14,30H2,(H,26,28). The largest absolute Gasteiger partial charge is 0.379 e. The second-order valence-electron chi connectivity index (χ2n) is 7.40. The van der Waals surface area contributed by atoms with Gasteiger partial charge in [-0.3, -0.25) is 10.2 Å². The maximum Gasteiger partial charge on any atom is 0.265 e. The molecule has 3 aromatic rings. The van der Waals surface area contributed by atoms with Crippen LogP contribution in [0.4, 0.5) is 5.69 Å². The molecule has 0 spiro atoms. The van der Waals surface area contributed by atoms with E-state index in [1.165, 1.54) is 0 Å². The Morgan fingerprint density at radius 1 is 1.00 bits per heavy atom. The van der Waals surface area contributed by atoms with Crippen molar-refractivity contribution in [2.75, 3.05) is 26.3 Å². The van der Waals surface area contributed by atoms with E-state index >= 15 is 0 Å². The lowest BCUT2D eigenvalue weighted by Crippen LogP contribution is -2.48. The fourth-order valence-electron chi connectivity index (χ4n) is 3.63. The van der Waals surface area contributed by atoms with E-state index in [1.807, 2.05) is 35.3 Å². The molecule has 2 aliphatic rings. The minimum absolute atomic E-state index is 0.124. The van der Waals surface area contributed by atoms with Crippen molar-refractivity contribution in [1.29, 1.82) is 0 Å². The smallest absolute Gasteiger partial charge is 0.265 e. The first-order valence-electron chi connectivity index (χ1n) is 10.2. The maximum atomic E-state index is 12.8. The number of amides is 1. The molecule has 0 radical (unpaired) electrons. The summed E-state index contributed by atoms with van der Waals surface area (Å²) < 4.78 is 5.35. The Morgan fingerprint density at radius 2 is 1.77 bits per heavy atom. The second-order valence-corrected chi connectivity index (χ2v) is 9.15. The quantitative estimate of drug-likeness (QED) is 0.486. The number of ether oxygens (including phenoxy) is 1. The molecule has 5 rings (SSSR count). The number of carbonyl (C=O) groups is 1. The first kappa shape index (κ1) is 20.4. The van der Waals surface area contributed by atoms with Gasteiger partial charge < -0.3 is 4.74 Å². The number of nitrogens with zero attached hydrogens (tertiary/aromatic N) is 2. The number of rotatable bonds is 3. The summed E-state index contributed by atoms with van der Waals surface area (Å²) in [6.07, 6.45) is 0. The number of benzene rings is 3. The Labute approximate surface area is 188 Å². The summed E-state index contributed by atoms with van der Waals surface area (Å²) in [5.74, 6) is -0.124. The van der Waals surface area contributed by atoms with Gasteiger partial charge in [-0.05, 0) is 29.6 Å². The van der Waals surface area contributed by atoms with Crippen molar-refractivity contribution >= 4 is 43.6 Å². The second kappa shape index (κ2) is 8.93. The van der Waals surface area contributed by atoms with Gasteiger partial charge in [-0.15, -0.1) is 9.24 Å². The van der Waals surface area contributed by atoms with Crippen LogP contribution < -0.4 is 10.7 Å². The number of hydrogen-bond acceptors (Lipinski definition) is 5. The van der Waals surface area contributed by atoms with Crippen molar-refractivity contribution in [3.8, 4) is 0 Å². The van der Waals surface area contributed by atoms with Crippen LogP contribution in [-0.2, 0) is 4.74 Å². The SMILES string of the molecule is O=C(NN1CCOCC1)c1ccc2c(c1)N=C(c1ccc(P)cc1)c1ccccc1S2. The third-order valence-corrected chi connectivity index (χ3v) is 6.80. The number of hydrogen-bond donors (Lipinski definition) is 1. The number of hydrazine groups is 1. The van der Waals surface area contributed by atoms with Crippen LogP contribution in [0.1, 0.15) is 21.5 Å². The lowest BCUT2D eigenvalue weighted by Gasteiger charge is -2.27. The molecule has 0 aliphatic carbocycles. The van der Waals surface area contributed by atoms with Gasteiger partial charge in [0.2, 0.25) is 0 Å². The molecule has 31 heavy (non-hydrogen) atoms. The van der Waals surface area contributed by atoms with Gasteiger partial charge in [-0.1, -0.05) is 54.2 Å². The molecule has 1 unspecified atom stereocenters. The molecule has 1 N–H and O–H groups in total. The fourth-order valence-corrected chi connectivity index (χ4v) is 4.82. The van der Waals surface area contributed by atoms with Gasteiger partial charge in [0.1, 0.15) is 0 Å². The highest BCUT2D eigenvalue weighted by molar-refractivity contribution is 7.99. The van der Waals surface area contributed by atoms with Crippen LogP contribution >= 0.6 is 21.0 Å². The number of carbonyl (C=O) groups excluding carboxylic acids is 1. The molecule has 1 fully saturated rings. The highest BCUT2D eigenvalue weighted by atomic mass is 32.2. The van der Waals surface area contributed by atoms with Gasteiger partial charge in [0.25, 0.3) is 5.91 Å². The van der Waals surface area contributed by atoms with E-state index in [0.29, 0.717) is 31.9 Å². The molecule has 156 valence electrons. The molecule has 7 heteroatoms. The van der Waals surface area contributed by atoms with Crippen LogP contribution in [-0.4, -0.2) is 42.9 Å². The normalized spacial score (nSPS) is 16.0. The van der Waals surface area contributed by atoms with E-state index in [4.69, 9.17) is 9.73 Å². The summed E-state index contributed by atoms with van der Waals surface area (Å²) in [7, 11) is 2.72. The lowest BCUT2D eigenvalue weighted by atomic mass is 10.0. The van der Waals surface area contributed by atoms with E-state index in [-0.39, 0.29) is 5.91 Å². The molecule has 0 saturated carbocycles. The predicted molar refractivity (Wildman–Crippen MR) is 128 cm³/mol. The Kier molecular flexibility index (Phi) is 5.88. The molecule has 2 aliphatic heterocycles. The van der Waals surface area contributed by atoms with Gasteiger partial charge in [0.05, 0.1) is 24.6 Å². The third-order valence-electron chi connectivity index (χ3n) is 5.27. The van der Waals surface area contributed by atoms with Crippen molar-refractivity contribution in [1.82, 2.24) is 10.4 Å². The van der Waals surface area contributed by atoms with Gasteiger partial charge in [-0.25, -0.2) is 10.0 Å². The van der Waals surface area contributed by atoms with E-state index in [0.717, 1.165) is 37.6 Å². The molecular weight excluding hydrogens is 425 g/mol. The lowest BCUT2D eigenvalue weighted by molar-refractivity contribution is 0.0126. The maximum absolute atomic E-state index is 12.8. The molecule has 0 bridgehead atoms. The van der Waals surface area contributed by atoms with Crippen molar-refractivity contribution in [3.63, 3.8) is 0 Å². The van der Waals surface area contributed by atoms with E-state index in [1.54, 1.807) is 11.8 Å². The average Bonchev–Trinajstić information content (AvgIpc) is 2.96. The molecular formula is C24H22N3O2PS. The van der Waals surface area contributed by atoms with Gasteiger partial charge in [-0.2, -0.15) is 0 Å². The van der Waals surface area contributed by atoms with Crippen molar-refractivity contribution in [2.45, 2.75) is 9.79 Å². The molecule has 0 aromatic heterocycles. The monoisotopic (exact) mass is 447 g/mol. The summed E-state index contributed by atoms with van der Waals surface area (Å²) in [6, 6.07) is 22.4. The number of nitrogens with one attached hydrogen (secondary N) is 1. The molecule has 1 amide bonds. The van der Waals surface area contributed by atoms with Crippen LogP contribution in [0.15, 0.2) is 81.5 Å². The Bertz CT molecular complexity index is 1160. The number of aliphatic imine (C=N–C) groups is 1. The highest BCUT2D eigenvalue weighted by Gasteiger charge is 2.21. The highest BCUT2D eigenvalue weighted by Crippen LogP contribution is 2.41. The van der Waals surface area contributed by atoms with E-state index in [9.17, 15) is 4.79 Å². The van der Waals surface area contributed by atoms with Crippen LogP contribution in [0.25, 0.3) is 0 Å². The molecule has 2 heterocycles. The van der Waals surface area contributed by atoms with Crippen LogP contribution in [0.5, 0.6) is 0 Å². The van der Waals surface area contributed by atoms with Crippen LogP contribution in [0.2, 0.25) is 0 Å². The Morgan fingerprint density at radius 3 is 2.58 bits per heavy atom. The first-order valence-corrected chi connectivity index (χ1v) is 11.6. The minimum Gasteiger partial charge on any atom is -0.379 e. The predicted octanol–water partition coefficient (Wildman–Crippen LogP) is 3.80. The zero-order valence-electron chi connectivity index (χ0n) is 16.9. The topological polar surface area (TPSA) is 53.9 Å². The Hall–Kier alpha value is -2.50. The van der Waals surface area contributed by atoms with Gasteiger partial charge >= 0.3 is 0 Å². The molecule has 3 aromatic carbocycles. The summed E-state index contributed by atoms with van der Waals surface area (Å²) in [6.45, 7) is 2.63. The minimum atomic E-state index is -0.124. The van der Waals surface area contributed by atoms with Crippen molar-refractivity contribution in [3.05, 3.63) is 83.4 Å².